The van der Waals surface area contributed by atoms with E-state index in [0.717, 1.165) is 25.1 Å². The first-order valence-corrected chi connectivity index (χ1v) is 6.60. The van der Waals surface area contributed by atoms with Crippen molar-refractivity contribution < 1.29 is 4.92 Å². The molecule has 2 aromatic rings. The molecule has 1 aromatic heterocycles. The third kappa shape index (κ3) is 2.67. The molecule has 2 heterocycles. The standard InChI is InChI=1S/C13H15N5O2/c19-18(20)12-5-3-10(4-6-12)13-15-9-17(16-13)8-11-2-1-7-14-11/h3-6,9,11,14H,1-2,7-8H2/t11-/m0/s1. The molecule has 104 valence electrons. The Hall–Kier alpha value is -2.28. The quantitative estimate of drug-likeness (QED) is 0.675. The number of nitrogens with one attached hydrogen (secondary N) is 1. The summed E-state index contributed by atoms with van der Waals surface area (Å²) in [7, 11) is 0. The zero-order valence-corrected chi connectivity index (χ0v) is 10.9. The van der Waals surface area contributed by atoms with Crippen LogP contribution in [0.1, 0.15) is 12.8 Å². The van der Waals surface area contributed by atoms with Crippen LogP contribution >= 0.6 is 0 Å². The minimum Gasteiger partial charge on any atom is -0.312 e. The first kappa shape index (κ1) is 12.7. The van der Waals surface area contributed by atoms with Crippen molar-refractivity contribution >= 4 is 5.69 Å². The van der Waals surface area contributed by atoms with Gasteiger partial charge in [-0.2, -0.15) is 5.10 Å². The van der Waals surface area contributed by atoms with Gasteiger partial charge in [-0.05, 0) is 31.5 Å². The molecule has 0 saturated carbocycles. The number of nitro groups is 1. The summed E-state index contributed by atoms with van der Waals surface area (Å²) in [6, 6.07) is 6.74. The first-order valence-electron chi connectivity index (χ1n) is 6.60. The van der Waals surface area contributed by atoms with Gasteiger partial charge >= 0.3 is 0 Å². The van der Waals surface area contributed by atoms with Crippen LogP contribution in [0.15, 0.2) is 30.6 Å². The fraction of sp³-hybridized carbons (Fsp3) is 0.385. The SMILES string of the molecule is O=[N+]([O-])c1ccc(-c2ncn(C[C@@H]3CCCN3)n2)cc1. The molecule has 0 aliphatic carbocycles. The molecule has 1 fully saturated rings. The van der Waals surface area contributed by atoms with Crippen molar-refractivity contribution in [1.29, 1.82) is 0 Å². The van der Waals surface area contributed by atoms with E-state index in [0.29, 0.717) is 11.9 Å². The lowest BCUT2D eigenvalue weighted by atomic mass is 10.2. The van der Waals surface area contributed by atoms with Gasteiger partial charge in [0.1, 0.15) is 6.33 Å². The summed E-state index contributed by atoms with van der Waals surface area (Å²) in [4.78, 5) is 14.5. The van der Waals surface area contributed by atoms with Gasteiger partial charge < -0.3 is 5.32 Å². The average molecular weight is 273 g/mol. The highest BCUT2D eigenvalue weighted by Crippen LogP contribution is 2.19. The minimum absolute atomic E-state index is 0.0725. The Morgan fingerprint density at radius 2 is 2.20 bits per heavy atom. The number of nitrogens with zero attached hydrogens (tertiary/aromatic N) is 4. The van der Waals surface area contributed by atoms with E-state index >= 15 is 0 Å². The molecule has 1 aliphatic rings. The molecule has 7 nitrogen and oxygen atoms in total. The van der Waals surface area contributed by atoms with E-state index < -0.39 is 4.92 Å². The fourth-order valence-electron chi connectivity index (χ4n) is 2.39. The summed E-state index contributed by atoms with van der Waals surface area (Å²) in [5.74, 6) is 0.595. The Labute approximate surface area is 115 Å². The van der Waals surface area contributed by atoms with Crippen LogP contribution in [-0.2, 0) is 6.54 Å². The van der Waals surface area contributed by atoms with Gasteiger partial charge in [0.05, 0.1) is 11.5 Å². The average Bonchev–Trinajstić information content (AvgIpc) is 3.11. The Morgan fingerprint density at radius 1 is 1.40 bits per heavy atom. The summed E-state index contributed by atoms with van der Waals surface area (Å²) >= 11 is 0. The van der Waals surface area contributed by atoms with Crippen LogP contribution in [0.25, 0.3) is 11.4 Å². The Bertz CT molecular complexity index is 601. The normalized spacial score (nSPS) is 18.3. The predicted molar refractivity (Wildman–Crippen MR) is 73.1 cm³/mol. The lowest BCUT2D eigenvalue weighted by Crippen LogP contribution is -2.26. The van der Waals surface area contributed by atoms with Crippen LogP contribution in [0.5, 0.6) is 0 Å². The van der Waals surface area contributed by atoms with Crippen molar-refractivity contribution in [3.8, 4) is 11.4 Å². The van der Waals surface area contributed by atoms with Crippen LogP contribution < -0.4 is 5.32 Å². The van der Waals surface area contributed by atoms with E-state index in [1.165, 1.54) is 18.6 Å². The third-order valence-electron chi connectivity index (χ3n) is 3.44. The van der Waals surface area contributed by atoms with Gasteiger partial charge in [0.25, 0.3) is 5.69 Å². The molecular formula is C13H15N5O2. The summed E-state index contributed by atoms with van der Waals surface area (Å²) in [6.07, 6.45) is 4.07. The number of rotatable bonds is 4. The smallest absolute Gasteiger partial charge is 0.269 e. The van der Waals surface area contributed by atoms with Crippen molar-refractivity contribution in [3.05, 3.63) is 40.7 Å². The second-order valence-corrected chi connectivity index (χ2v) is 4.89. The van der Waals surface area contributed by atoms with Crippen molar-refractivity contribution in [2.24, 2.45) is 0 Å². The first-order chi connectivity index (χ1) is 9.72. The summed E-state index contributed by atoms with van der Waals surface area (Å²) in [5, 5.41) is 18.4. The minimum atomic E-state index is -0.415. The molecule has 0 bridgehead atoms. The number of non-ortho nitro benzene ring substituents is 1. The van der Waals surface area contributed by atoms with E-state index in [-0.39, 0.29) is 5.69 Å². The lowest BCUT2D eigenvalue weighted by Gasteiger charge is -2.08. The highest BCUT2D eigenvalue weighted by Gasteiger charge is 2.15. The predicted octanol–water partition coefficient (Wildman–Crippen LogP) is 1.61. The number of hydrogen-bond donors (Lipinski definition) is 1. The highest BCUT2D eigenvalue weighted by atomic mass is 16.6. The monoisotopic (exact) mass is 273 g/mol. The lowest BCUT2D eigenvalue weighted by molar-refractivity contribution is -0.384. The van der Waals surface area contributed by atoms with Crippen LogP contribution in [0, 0.1) is 10.1 Å². The summed E-state index contributed by atoms with van der Waals surface area (Å²) in [5.41, 5.74) is 0.858. The summed E-state index contributed by atoms with van der Waals surface area (Å²) in [6.45, 7) is 1.87. The third-order valence-corrected chi connectivity index (χ3v) is 3.44. The summed E-state index contributed by atoms with van der Waals surface area (Å²) < 4.78 is 1.82. The molecule has 0 amide bonds. The van der Waals surface area contributed by atoms with E-state index in [1.54, 1.807) is 18.5 Å². The molecular weight excluding hydrogens is 258 g/mol. The zero-order chi connectivity index (χ0) is 13.9. The number of benzene rings is 1. The molecule has 7 heteroatoms. The highest BCUT2D eigenvalue weighted by molar-refractivity contribution is 5.56. The molecule has 0 radical (unpaired) electrons. The molecule has 0 spiro atoms. The molecule has 1 aliphatic heterocycles. The molecule has 1 saturated heterocycles. The van der Waals surface area contributed by atoms with Crippen LogP contribution in [-0.4, -0.2) is 32.3 Å². The van der Waals surface area contributed by atoms with Crippen molar-refractivity contribution in [2.75, 3.05) is 6.54 Å². The Balaban J connectivity index is 1.73. The topological polar surface area (TPSA) is 85.9 Å². The van der Waals surface area contributed by atoms with Crippen molar-refractivity contribution in [1.82, 2.24) is 20.1 Å². The van der Waals surface area contributed by atoms with Gasteiger partial charge in [-0.15, -0.1) is 0 Å². The Kier molecular flexibility index (Phi) is 3.42. The molecule has 1 atom stereocenters. The maximum absolute atomic E-state index is 10.6. The molecule has 20 heavy (non-hydrogen) atoms. The van der Waals surface area contributed by atoms with Gasteiger partial charge in [-0.25, -0.2) is 4.98 Å². The van der Waals surface area contributed by atoms with Gasteiger partial charge in [0, 0.05) is 23.7 Å². The number of nitro benzene ring substituents is 1. The largest absolute Gasteiger partial charge is 0.312 e. The van der Waals surface area contributed by atoms with Crippen LogP contribution in [0.4, 0.5) is 5.69 Å². The maximum atomic E-state index is 10.6. The van der Waals surface area contributed by atoms with E-state index in [2.05, 4.69) is 15.4 Å². The molecule has 0 unspecified atom stereocenters. The van der Waals surface area contributed by atoms with Crippen LogP contribution in [0.2, 0.25) is 0 Å². The number of hydrogen-bond acceptors (Lipinski definition) is 5. The van der Waals surface area contributed by atoms with Crippen molar-refractivity contribution in [3.63, 3.8) is 0 Å². The van der Waals surface area contributed by atoms with Crippen molar-refractivity contribution in [2.45, 2.75) is 25.4 Å². The van der Waals surface area contributed by atoms with Gasteiger partial charge in [0.15, 0.2) is 5.82 Å². The molecule has 1 N–H and O–H groups in total. The van der Waals surface area contributed by atoms with E-state index in [4.69, 9.17) is 0 Å². The van der Waals surface area contributed by atoms with E-state index in [9.17, 15) is 10.1 Å². The Morgan fingerprint density at radius 3 is 2.85 bits per heavy atom. The maximum Gasteiger partial charge on any atom is 0.269 e. The number of aromatic nitrogens is 3. The van der Waals surface area contributed by atoms with Gasteiger partial charge in [-0.3, -0.25) is 14.8 Å². The molecule has 3 rings (SSSR count). The van der Waals surface area contributed by atoms with E-state index in [1.807, 2.05) is 4.68 Å². The van der Waals surface area contributed by atoms with Gasteiger partial charge in [0.2, 0.25) is 0 Å². The second-order valence-electron chi connectivity index (χ2n) is 4.89. The van der Waals surface area contributed by atoms with Gasteiger partial charge in [-0.1, -0.05) is 0 Å². The second kappa shape index (κ2) is 5.38. The fourth-order valence-corrected chi connectivity index (χ4v) is 2.39. The molecule has 1 aromatic carbocycles. The van der Waals surface area contributed by atoms with Crippen LogP contribution in [0.3, 0.4) is 0 Å². The zero-order valence-electron chi connectivity index (χ0n) is 10.9.